The number of aliphatic carboxylic acids is 1. The number of esters is 3. The summed E-state index contributed by atoms with van der Waals surface area (Å²) < 4.78 is 28.3. The minimum Gasteiger partial charge on any atom is -0.479 e. The van der Waals surface area contributed by atoms with Crippen LogP contribution < -0.4 is 0 Å². The molecule has 71 heavy (non-hydrogen) atoms. The van der Waals surface area contributed by atoms with Crippen LogP contribution in [0.5, 0.6) is 0 Å². The summed E-state index contributed by atoms with van der Waals surface area (Å²) in [5, 5.41) is 31.4. The molecule has 12 nitrogen and oxygen atoms in total. The maximum atomic E-state index is 13.1. The molecule has 1 saturated heterocycles. The molecule has 0 aliphatic carbocycles. The van der Waals surface area contributed by atoms with E-state index >= 15 is 0 Å². The van der Waals surface area contributed by atoms with Crippen LogP contribution in [0.3, 0.4) is 0 Å². The Balaban J connectivity index is 2.69. The van der Waals surface area contributed by atoms with Crippen LogP contribution in [0.2, 0.25) is 0 Å². The first kappa shape index (κ1) is 65.7. The van der Waals surface area contributed by atoms with E-state index in [9.17, 15) is 34.5 Å². The highest BCUT2D eigenvalue weighted by atomic mass is 16.7. The van der Waals surface area contributed by atoms with Gasteiger partial charge < -0.3 is 39.0 Å². The molecular formula is C59H102O12. The second-order valence-electron chi connectivity index (χ2n) is 19.5. The average Bonchev–Trinajstić information content (AvgIpc) is 3.35. The summed E-state index contributed by atoms with van der Waals surface area (Å²) in [6.45, 7) is 5.85. The van der Waals surface area contributed by atoms with E-state index in [1.165, 1.54) is 109 Å². The van der Waals surface area contributed by atoms with Crippen LogP contribution in [0.4, 0.5) is 0 Å². The van der Waals surface area contributed by atoms with Crippen LogP contribution in [-0.2, 0) is 42.9 Å². The molecule has 3 N–H and O–H groups in total. The molecule has 0 bridgehead atoms. The summed E-state index contributed by atoms with van der Waals surface area (Å²) in [7, 11) is 0. The quantitative estimate of drug-likeness (QED) is 0.0228. The number of carboxylic acid groups (broad SMARTS) is 1. The minimum absolute atomic E-state index is 0.0264. The summed E-state index contributed by atoms with van der Waals surface area (Å²) in [5.74, 6) is -3.15. The molecule has 0 aromatic rings. The highest BCUT2D eigenvalue weighted by Gasteiger charge is 2.50. The van der Waals surface area contributed by atoms with Gasteiger partial charge in [-0.2, -0.15) is 0 Å². The number of carbonyl (C=O) groups is 4. The van der Waals surface area contributed by atoms with E-state index in [1.807, 2.05) is 0 Å². The summed E-state index contributed by atoms with van der Waals surface area (Å²) in [6.07, 6.45) is 43.8. The number of allylic oxidation sites excluding steroid dienone is 8. The van der Waals surface area contributed by atoms with Crippen molar-refractivity contribution in [2.24, 2.45) is 0 Å². The predicted octanol–water partition coefficient (Wildman–Crippen LogP) is 14.2. The molecule has 6 unspecified atom stereocenters. The number of unbranched alkanes of at least 4 members (excludes halogenated alkanes) is 26. The van der Waals surface area contributed by atoms with E-state index in [0.717, 1.165) is 83.5 Å². The minimum atomic E-state index is -1.91. The molecule has 1 rings (SSSR count). The molecule has 1 aliphatic rings. The third-order valence-electron chi connectivity index (χ3n) is 12.9. The van der Waals surface area contributed by atoms with E-state index in [-0.39, 0.29) is 25.9 Å². The standard InChI is InChI=1S/C59H102O12/c1-4-7-10-13-16-19-22-24-25-26-27-29-31-33-36-39-42-45-51(60)67-48-50(69-52(61)46-43-40-37-34-30-21-18-15-12-9-6-3)49-68-59-57(55(64)54(63)56(71-59)58(65)66)70-53(62)47-44-41-38-35-32-28-23-20-17-14-11-8-5-2/h8,11,17,20,24-25,28,32,50,54-57,59,63-64H,4-7,9-10,12-16,18-19,21-23,26-27,29-31,33-49H2,1-3H3,(H,65,66)/b11-8-,20-17-,25-24-,32-28-. The van der Waals surface area contributed by atoms with Crippen molar-refractivity contribution >= 4 is 23.9 Å². The SMILES string of the molecule is CC/C=C\C/C=C\C/C=C\CCCCCC(=O)OC1C(OCC(COC(=O)CCCCCCCCC/C=C\CCCCCCCC)OC(=O)CCCCCCCCCCCCC)OC(C(=O)O)C(O)C1O. The fourth-order valence-electron chi connectivity index (χ4n) is 8.49. The number of rotatable bonds is 48. The number of ether oxygens (including phenoxy) is 5. The second kappa shape index (κ2) is 47.7. The van der Waals surface area contributed by atoms with Gasteiger partial charge in [-0.3, -0.25) is 14.4 Å². The predicted molar refractivity (Wildman–Crippen MR) is 285 cm³/mol. The number of hydrogen-bond acceptors (Lipinski definition) is 11. The zero-order valence-corrected chi connectivity index (χ0v) is 45.0. The van der Waals surface area contributed by atoms with Gasteiger partial charge in [-0.1, -0.05) is 204 Å². The number of carbonyl (C=O) groups excluding carboxylic acids is 3. The number of hydrogen-bond donors (Lipinski definition) is 3. The van der Waals surface area contributed by atoms with Crippen molar-refractivity contribution < 1.29 is 58.2 Å². The van der Waals surface area contributed by atoms with Crippen LogP contribution in [0.15, 0.2) is 48.6 Å². The van der Waals surface area contributed by atoms with Gasteiger partial charge in [0.1, 0.15) is 18.8 Å². The molecule has 0 amide bonds. The zero-order valence-electron chi connectivity index (χ0n) is 45.0. The van der Waals surface area contributed by atoms with E-state index < -0.39 is 67.3 Å². The Morgan fingerprint density at radius 1 is 0.479 bits per heavy atom. The smallest absolute Gasteiger partial charge is 0.335 e. The maximum absolute atomic E-state index is 13.1. The van der Waals surface area contributed by atoms with Crippen LogP contribution in [0, 0.1) is 0 Å². The fourth-order valence-corrected chi connectivity index (χ4v) is 8.49. The molecule has 12 heteroatoms. The molecule has 1 fully saturated rings. The van der Waals surface area contributed by atoms with Crippen molar-refractivity contribution in [3.8, 4) is 0 Å². The van der Waals surface area contributed by atoms with Crippen molar-refractivity contribution in [1.29, 1.82) is 0 Å². The third-order valence-corrected chi connectivity index (χ3v) is 12.9. The normalized spacial score (nSPS) is 18.8. The van der Waals surface area contributed by atoms with E-state index in [2.05, 4.69) is 69.4 Å². The van der Waals surface area contributed by atoms with Crippen LogP contribution in [-0.4, -0.2) is 89.2 Å². The van der Waals surface area contributed by atoms with Gasteiger partial charge in [-0.15, -0.1) is 0 Å². The molecule has 0 radical (unpaired) electrons. The summed E-state index contributed by atoms with van der Waals surface area (Å²) >= 11 is 0. The fraction of sp³-hybridized carbons (Fsp3) is 0.797. The Kier molecular flexibility index (Phi) is 44.1. The van der Waals surface area contributed by atoms with Gasteiger partial charge in [0.05, 0.1) is 6.61 Å². The largest absolute Gasteiger partial charge is 0.479 e. The second-order valence-corrected chi connectivity index (χ2v) is 19.5. The topological polar surface area (TPSA) is 175 Å². The zero-order chi connectivity index (χ0) is 51.8. The van der Waals surface area contributed by atoms with E-state index in [1.54, 1.807) is 0 Å². The van der Waals surface area contributed by atoms with Gasteiger partial charge in [0.15, 0.2) is 24.6 Å². The number of aliphatic hydroxyl groups excluding tert-OH is 2. The van der Waals surface area contributed by atoms with Gasteiger partial charge in [0.2, 0.25) is 0 Å². The molecule has 0 aromatic carbocycles. The number of carboxylic acids is 1. The lowest BCUT2D eigenvalue weighted by molar-refractivity contribution is -0.301. The molecule has 0 saturated carbocycles. The van der Waals surface area contributed by atoms with Crippen molar-refractivity contribution in [2.45, 2.75) is 289 Å². The molecule has 1 aliphatic heterocycles. The first-order valence-electron chi connectivity index (χ1n) is 28.6. The average molecular weight is 1000 g/mol. The molecule has 0 spiro atoms. The first-order valence-corrected chi connectivity index (χ1v) is 28.6. The van der Waals surface area contributed by atoms with Crippen molar-refractivity contribution in [3.05, 3.63) is 48.6 Å². The Morgan fingerprint density at radius 3 is 1.38 bits per heavy atom. The summed E-state index contributed by atoms with van der Waals surface area (Å²) in [5.41, 5.74) is 0. The molecule has 410 valence electrons. The molecule has 1 heterocycles. The molecular weight excluding hydrogens is 901 g/mol. The lowest BCUT2D eigenvalue weighted by Gasteiger charge is -2.40. The highest BCUT2D eigenvalue weighted by Crippen LogP contribution is 2.26. The Hall–Kier alpha value is -3.32. The van der Waals surface area contributed by atoms with Crippen LogP contribution in [0.25, 0.3) is 0 Å². The Morgan fingerprint density at radius 2 is 0.887 bits per heavy atom. The molecule has 6 atom stereocenters. The summed E-state index contributed by atoms with van der Waals surface area (Å²) in [6, 6.07) is 0. The van der Waals surface area contributed by atoms with Crippen LogP contribution in [0.1, 0.15) is 252 Å². The van der Waals surface area contributed by atoms with Gasteiger partial charge in [0.25, 0.3) is 0 Å². The first-order chi connectivity index (χ1) is 34.6. The van der Waals surface area contributed by atoms with Crippen LogP contribution >= 0.6 is 0 Å². The lowest BCUT2D eigenvalue weighted by Crippen LogP contribution is -2.61. The van der Waals surface area contributed by atoms with Gasteiger partial charge >= 0.3 is 23.9 Å². The molecule has 0 aromatic heterocycles. The maximum Gasteiger partial charge on any atom is 0.335 e. The van der Waals surface area contributed by atoms with Crippen molar-refractivity contribution in [1.82, 2.24) is 0 Å². The van der Waals surface area contributed by atoms with E-state index in [4.69, 9.17) is 23.7 Å². The van der Waals surface area contributed by atoms with Gasteiger partial charge in [-0.25, -0.2) is 4.79 Å². The Bertz CT molecular complexity index is 1420. The summed E-state index contributed by atoms with van der Waals surface area (Å²) in [4.78, 5) is 51.0. The Labute approximate surface area is 431 Å². The van der Waals surface area contributed by atoms with Crippen molar-refractivity contribution in [3.63, 3.8) is 0 Å². The highest BCUT2D eigenvalue weighted by molar-refractivity contribution is 5.74. The van der Waals surface area contributed by atoms with E-state index in [0.29, 0.717) is 19.3 Å². The van der Waals surface area contributed by atoms with Gasteiger partial charge in [0, 0.05) is 19.3 Å². The van der Waals surface area contributed by atoms with Crippen molar-refractivity contribution in [2.75, 3.05) is 13.2 Å². The lowest BCUT2D eigenvalue weighted by atomic mass is 9.98. The third kappa shape index (κ3) is 38.0. The van der Waals surface area contributed by atoms with Gasteiger partial charge in [-0.05, 0) is 77.0 Å². The number of aliphatic hydroxyl groups is 2. The monoisotopic (exact) mass is 1000 g/mol.